The predicted molar refractivity (Wildman–Crippen MR) is 80.9 cm³/mol. The van der Waals surface area contributed by atoms with Gasteiger partial charge in [-0.1, -0.05) is 15.9 Å². The summed E-state index contributed by atoms with van der Waals surface area (Å²) in [5.74, 6) is -1.32. The first kappa shape index (κ1) is 14.9. The molecule has 7 heteroatoms. The van der Waals surface area contributed by atoms with Crippen molar-refractivity contribution >= 4 is 49.4 Å². The number of rotatable bonds is 5. The molecule has 1 heterocycles. The molecule has 1 amide bonds. The minimum absolute atomic E-state index is 0.235. The first-order chi connectivity index (χ1) is 9.45. The number of nitrogens with zero attached hydrogens (tertiary/aromatic N) is 1. The summed E-state index contributed by atoms with van der Waals surface area (Å²) in [6.45, 7) is 1.44. The molecule has 5 nitrogen and oxygen atoms in total. The largest absolute Gasteiger partial charge is 0.480 e. The lowest BCUT2D eigenvalue weighted by atomic mass is 10.2. The fourth-order valence-electron chi connectivity index (χ4n) is 1.65. The van der Waals surface area contributed by atoms with Crippen LogP contribution in [0.25, 0.3) is 10.2 Å². The number of hydrogen-bond acceptors (Lipinski definition) is 4. The Balaban J connectivity index is 1.95. The van der Waals surface area contributed by atoms with Gasteiger partial charge in [-0.3, -0.25) is 9.59 Å². The molecule has 0 aliphatic carbocycles. The maximum Gasteiger partial charge on any atom is 0.325 e. The van der Waals surface area contributed by atoms with E-state index < -0.39 is 12.0 Å². The Labute approximate surface area is 128 Å². The zero-order chi connectivity index (χ0) is 14.7. The Morgan fingerprint density at radius 3 is 2.95 bits per heavy atom. The Kier molecular flexibility index (Phi) is 4.72. The molecule has 2 rings (SSSR count). The second-order valence-electron chi connectivity index (χ2n) is 4.35. The molecule has 0 unspecified atom stereocenters. The molecule has 0 radical (unpaired) electrons. The van der Waals surface area contributed by atoms with E-state index in [0.717, 1.165) is 19.7 Å². The van der Waals surface area contributed by atoms with E-state index in [-0.39, 0.29) is 12.3 Å². The predicted octanol–water partition coefficient (Wildman–Crippen LogP) is 2.58. The highest BCUT2D eigenvalue weighted by atomic mass is 79.9. The van der Waals surface area contributed by atoms with Crippen molar-refractivity contribution in [1.29, 1.82) is 0 Å². The zero-order valence-corrected chi connectivity index (χ0v) is 13.1. The summed E-state index contributed by atoms with van der Waals surface area (Å²) in [4.78, 5) is 26.7. The van der Waals surface area contributed by atoms with Crippen LogP contribution in [-0.4, -0.2) is 28.0 Å². The molecule has 1 aromatic heterocycles. The Morgan fingerprint density at radius 2 is 2.25 bits per heavy atom. The number of thiazole rings is 1. The first-order valence-corrected chi connectivity index (χ1v) is 7.64. The van der Waals surface area contributed by atoms with Crippen LogP contribution in [-0.2, 0) is 16.0 Å². The molecule has 2 N–H and O–H groups in total. The van der Waals surface area contributed by atoms with Crippen LogP contribution in [0.3, 0.4) is 0 Å². The van der Waals surface area contributed by atoms with Gasteiger partial charge < -0.3 is 10.4 Å². The Morgan fingerprint density at radius 1 is 1.50 bits per heavy atom. The molecular formula is C13H13BrN2O3S. The number of carboxylic acid groups (broad SMARTS) is 1. The summed E-state index contributed by atoms with van der Waals surface area (Å²) in [6.07, 6.45) is 0.744. The van der Waals surface area contributed by atoms with E-state index >= 15 is 0 Å². The number of carbonyl (C=O) groups is 2. The molecule has 0 saturated heterocycles. The summed E-state index contributed by atoms with van der Waals surface area (Å²) < 4.78 is 2.04. The molecule has 0 saturated carbocycles. The van der Waals surface area contributed by atoms with Gasteiger partial charge in [-0.05, 0) is 25.1 Å². The van der Waals surface area contributed by atoms with Gasteiger partial charge in [0.2, 0.25) is 5.91 Å². The number of benzene rings is 1. The number of aliphatic carboxylic acids is 1. The van der Waals surface area contributed by atoms with Crippen LogP contribution >= 0.6 is 27.3 Å². The smallest absolute Gasteiger partial charge is 0.325 e. The average molecular weight is 357 g/mol. The molecule has 0 aliphatic heterocycles. The van der Waals surface area contributed by atoms with E-state index in [1.165, 1.54) is 6.92 Å². The lowest BCUT2D eigenvalue weighted by molar-refractivity contribution is -0.141. The van der Waals surface area contributed by atoms with E-state index in [1.807, 2.05) is 18.2 Å². The quantitative estimate of drug-likeness (QED) is 0.862. The minimum atomic E-state index is -1.04. The highest BCUT2D eigenvalue weighted by molar-refractivity contribution is 9.10. The molecule has 2 aromatic rings. The van der Waals surface area contributed by atoms with Gasteiger partial charge in [0.05, 0.1) is 15.2 Å². The molecule has 1 atom stereocenters. The van der Waals surface area contributed by atoms with Crippen LogP contribution in [0.2, 0.25) is 0 Å². The van der Waals surface area contributed by atoms with Crippen LogP contribution in [0.15, 0.2) is 22.7 Å². The van der Waals surface area contributed by atoms with Crippen LogP contribution in [0.4, 0.5) is 0 Å². The second-order valence-corrected chi connectivity index (χ2v) is 6.38. The van der Waals surface area contributed by atoms with Crippen molar-refractivity contribution in [3.63, 3.8) is 0 Å². The van der Waals surface area contributed by atoms with Crippen molar-refractivity contribution in [3.05, 3.63) is 27.7 Å². The lowest BCUT2D eigenvalue weighted by Gasteiger charge is -2.08. The molecule has 0 bridgehead atoms. The van der Waals surface area contributed by atoms with E-state index in [9.17, 15) is 9.59 Å². The van der Waals surface area contributed by atoms with E-state index in [2.05, 4.69) is 26.2 Å². The van der Waals surface area contributed by atoms with Crippen molar-refractivity contribution in [2.75, 3.05) is 0 Å². The van der Waals surface area contributed by atoms with Gasteiger partial charge >= 0.3 is 5.97 Å². The van der Waals surface area contributed by atoms with Crippen molar-refractivity contribution in [3.8, 4) is 0 Å². The van der Waals surface area contributed by atoms with Crippen molar-refractivity contribution in [1.82, 2.24) is 10.3 Å². The molecule has 0 aliphatic rings. The van der Waals surface area contributed by atoms with Crippen molar-refractivity contribution in [2.45, 2.75) is 25.8 Å². The number of carbonyl (C=O) groups excluding carboxylic acids is 1. The number of nitrogens with one attached hydrogen (secondary N) is 1. The van der Waals surface area contributed by atoms with E-state index in [0.29, 0.717) is 6.42 Å². The molecule has 20 heavy (non-hydrogen) atoms. The summed E-state index contributed by atoms with van der Waals surface area (Å²) in [5, 5.41) is 12.0. The number of amides is 1. The van der Waals surface area contributed by atoms with Gasteiger partial charge in [0.25, 0.3) is 0 Å². The van der Waals surface area contributed by atoms with Crippen LogP contribution in [0.5, 0.6) is 0 Å². The average Bonchev–Trinajstić information content (AvgIpc) is 2.78. The monoisotopic (exact) mass is 356 g/mol. The number of aryl methyl sites for hydroxylation is 1. The van der Waals surface area contributed by atoms with Gasteiger partial charge in [-0.2, -0.15) is 0 Å². The van der Waals surface area contributed by atoms with Gasteiger partial charge in [-0.15, -0.1) is 11.3 Å². The maximum atomic E-state index is 11.6. The van der Waals surface area contributed by atoms with Gasteiger partial charge in [0, 0.05) is 17.3 Å². The van der Waals surface area contributed by atoms with E-state index in [4.69, 9.17) is 5.11 Å². The van der Waals surface area contributed by atoms with Gasteiger partial charge in [-0.25, -0.2) is 4.98 Å². The fraction of sp³-hybridized carbons (Fsp3) is 0.308. The van der Waals surface area contributed by atoms with Gasteiger partial charge in [0.15, 0.2) is 0 Å². The third-order valence-electron chi connectivity index (χ3n) is 2.71. The van der Waals surface area contributed by atoms with Crippen molar-refractivity contribution in [2.24, 2.45) is 0 Å². The highest BCUT2D eigenvalue weighted by Gasteiger charge is 2.14. The lowest BCUT2D eigenvalue weighted by Crippen LogP contribution is -2.38. The topological polar surface area (TPSA) is 79.3 Å². The summed E-state index contributed by atoms with van der Waals surface area (Å²) in [7, 11) is 0. The summed E-state index contributed by atoms with van der Waals surface area (Å²) >= 11 is 4.93. The van der Waals surface area contributed by atoms with Gasteiger partial charge in [0.1, 0.15) is 6.04 Å². The maximum absolute atomic E-state index is 11.6. The summed E-state index contributed by atoms with van der Waals surface area (Å²) in [5.41, 5.74) is 0.902. The van der Waals surface area contributed by atoms with Crippen LogP contribution in [0.1, 0.15) is 18.4 Å². The third-order valence-corrected chi connectivity index (χ3v) is 4.30. The number of halogens is 1. The van der Waals surface area contributed by atoms with Crippen molar-refractivity contribution < 1.29 is 14.7 Å². The molecule has 106 valence electrons. The summed E-state index contributed by atoms with van der Waals surface area (Å²) in [6, 6.07) is 4.99. The number of aromatic nitrogens is 1. The second kappa shape index (κ2) is 6.32. The Hall–Kier alpha value is -1.47. The Bertz CT molecular complexity index is 656. The first-order valence-electron chi connectivity index (χ1n) is 6.03. The molecule has 0 spiro atoms. The molecule has 1 aromatic carbocycles. The standard InChI is InChI=1S/C13H13BrN2O3S/c1-7(13(18)19)15-11(17)4-5-12-16-9-6-8(14)2-3-10(9)20-12/h2-3,6-7H,4-5H2,1H3,(H,15,17)(H,18,19)/t7-/m0/s1. The minimum Gasteiger partial charge on any atom is -0.480 e. The number of fused-ring (bicyclic) bond motifs is 1. The van der Waals surface area contributed by atoms with E-state index in [1.54, 1.807) is 11.3 Å². The number of carboxylic acids is 1. The highest BCUT2D eigenvalue weighted by Crippen LogP contribution is 2.25. The number of hydrogen-bond donors (Lipinski definition) is 2. The molecular weight excluding hydrogens is 344 g/mol. The normalized spacial score (nSPS) is 12.3. The zero-order valence-electron chi connectivity index (χ0n) is 10.7. The SMILES string of the molecule is C[C@H](NC(=O)CCc1nc2cc(Br)ccc2s1)C(=O)O. The third kappa shape index (κ3) is 3.77. The van der Waals surface area contributed by atoms with Crippen LogP contribution in [0, 0.1) is 0 Å². The van der Waals surface area contributed by atoms with Crippen LogP contribution < -0.4 is 5.32 Å². The fourth-order valence-corrected chi connectivity index (χ4v) is 2.95. The molecule has 0 fully saturated rings.